The topological polar surface area (TPSA) is 24.5 Å². The molecule has 0 aromatic heterocycles. The van der Waals surface area contributed by atoms with E-state index in [4.69, 9.17) is 4.74 Å². The van der Waals surface area contributed by atoms with Crippen LogP contribution in [0.4, 0.5) is 0 Å². The van der Waals surface area contributed by atoms with E-state index in [1.165, 1.54) is 31.5 Å². The summed E-state index contributed by atoms with van der Waals surface area (Å²) in [5.74, 6) is 1.01. The van der Waals surface area contributed by atoms with E-state index in [-0.39, 0.29) is 0 Å². The third kappa shape index (κ3) is 3.47. The fourth-order valence-corrected chi connectivity index (χ4v) is 2.68. The molecule has 1 aromatic rings. The lowest BCUT2D eigenvalue weighted by atomic mass is 10.0. The van der Waals surface area contributed by atoms with Gasteiger partial charge in [0.05, 0.1) is 7.11 Å². The first kappa shape index (κ1) is 13.4. The van der Waals surface area contributed by atoms with Crippen molar-refractivity contribution in [3.8, 4) is 5.75 Å². The van der Waals surface area contributed by atoms with Crippen molar-refractivity contribution in [3.63, 3.8) is 0 Å². The van der Waals surface area contributed by atoms with E-state index in [0.717, 1.165) is 18.7 Å². The maximum absolute atomic E-state index is 5.40. The van der Waals surface area contributed by atoms with Crippen molar-refractivity contribution in [3.05, 3.63) is 29.8 Å². The fraction of sp³-hybridized carbons (Fsp3) is 0.600. The van der Waals surface area contributed by atoms with Crippen molar-refractivity contribution in [1.29, 1.82) is 0 Å². The molecule has 1 saturated heterocycles. The van der Waals surface area contributed by atoms with Gasteiger partial charge in [0.15, 0.2) is 0 Å². The van der Waals surface area contributed by atoms with Gasteiger partial charge in [0, 0.05) is 19.1 Å². The van der Waals surface area contributed by atoms with E-state index >= 15 is 0 Å². The van der Waals surface area contributed by atoms with Gasteiger partial charge in [0.25, 0.3) is 0 Å². The first-order chi connectivity index (χ1) is 8.83. The van der Waals surface area contributed by atoms with Gasteiger partial charge in [-0.3, -0.25) is 0 Å². The van der Waals surface area contributed by atoms with E-state index < -0.39 is 0 Å². The lowest BCUT2D eigenvalue weighted by molar-refractivity contribution is 0.197. The van der Waals surface area contributed by atoms with Crippen LogP contribution in [0.25, 0.3) is 0 Å². The number of piperidine rings is 1. The van der Waals surface area contributed by atoms with Crippen LogP contribution in [0.3, 0.4) is 0 Å². The van der Waals surface area contributed by atoms with Gasteiger partial charge in [-0.05, 0) is 44.5 Å². The van der Waals surface area contributed by atoms with Gasteiger partial charge in [0.1, 0.15) is 5.75 Å². The van der Waals surface area contributed by atoms with E-state index in [1.54, 1.807) is 7.11 Å². The molecule has 2 rings (SSSR count). The Bertz CT molecular complexity index is 367. The summed E-state index contributed by atoms with van der Waals surface area (Å²) in [6.45, 7) is 3.53. The van der Waals surface area contributed by atoms with E-state index in [9.17, 15) is 0 Å². The second-order valence-corrected chi connectivity index (χ2v) is 4.99. The maximum Gasteiger partial charge on any atom is 0.122 e. The van der Waals surface area contributed by atoms with Crippen LogP contribution in [-0.4, -0.2) is 44.7 Å². The Balaban J connectivity index is 1.87. The van der Waals surface area contributed by atoms with Gasteiger partial charge in [-0.1, -0.05) is 18.2 Å². The number of ether oxygens (including phenoxy) is 1. The molecule has 0 aliphatic carbocycles. The number of hydrogen-bond acceptors (Lipinski definition) is 3. The van der Waals surface area contributed by atoms with Crippen molar-refractivity contribution < 1.29 is 4.74 Å². The summed E-state index contributed by atoms with van der Waals surface area (Å²) in [7, 11) is 3.81. The number of likely N-dealkylation sites (tertiary alicyclic amines) is 1. The summed E-state index contributed by atoms with van der Waals surface area (Å²) in [4.78, 5) is 2.55. The van der Waals surface area contributed by atoms with Gasteiger partial charge in [-0.25, -0.2) is 0 Å². The molecule has 1 aliphatic rings. The molecular weight excluding hydrogens is 224 g/mol. The highest BCUT2D eigenvalue weighted by Crippen LogP contribution is 2.19. The predicted octanol–water partition coefficient (Wildman–Crippen LogP) is 1.92. The summed E-state index contributed by atoms with van der Waals surface area (Å²) in [6.07, 6.45) is 3.68. The molecule has 100 valence electrons. The highest BCUT2D eigenvalue weighted by atomic mass is 16.5. The van der Waals surface area contributed by atoms with Gasteiger partial charge < -0.3 is 15.0 Å². The Labute approximate surface area is 110 Å². The molecule has 1 N–H and O–H groups in total. The third-order valence-electron chi connectivity index (χ3n) is 3.80. The molecule has 18 heavy (non-hydrogen) atoms. The van der Waals surface area contributed by atoms with Gasteiger partial charge in [-0.15, -0.1) is 0 Å². The summed E-state index contributed by atoms with van der Waals surface area (Å²) in [5.41, 5.74) is 1.31. The van der Waals surface area contributed by atoms with Crippen LogP contribution in [0.2, 0.25) is 0 Å². The minimum atomic E-state index is 0.663. The van der Waals surface area contributed by atoms with Crippen LogP contribution < -0.4 is 10.1 Å². The van der Waals surface area contributed by atoms with Gasteiger partial charge in [-0.2, -0.15) is 0 Å². The number of nitrogens with one attached hydrogen (secondary N) is 1. The number of methoxy groups -OCH3 is 1. The van der Waals surface area contributed by atoms with E-state index in [1.807, 2.05) is 12.1 Å². The quantitative estimate of drug-likeness (QED) is 0.861. The van der Waals surface area contributed by atoms with Crippen LogP contribution in [-0.2, 0) is 6.42 Å². The van der Waals surface area contributed by atoms with Crippen LogP contribution >= 0.6 is 0 Å². The first-order valence-electron chi connectivity index (χ1n) is 6.85. The summed E-state index contributed by atoms with van der Waals surface area (Å²) < 4.78 is 5.40. The van der Waals surface area contributed by atoms with Gasteiger partial charge >= 0.3 is 0 Å². The molecule has 1 aromatic carbocycles. The molecule has 1 aliphatic heterocycles. The molecule has 3 nitrogen and oxygen atoms in total. The van der Waals surface area contributed by atoms with Crippen LogP contribution in [0.1, 0.15) is 18.4 Å². The van der Waals surface area contributed by atoms with Crippen LogP contribution in [0, 0.1) is 0 Å². The van der Waals surface area contributed by atoms with Gasteiger partial charge in [0.2, 0.25) is 0 Å². The van der Waals surface area contributed by atoms with Crippen molar-refractivity contribution in [2.75, 3.05) is 33.8 Å². The molecular formula is C15H24N2O. The second-order valence-electron chi connectivity index (χ2n) is 4.99. The van der Waals surface area contributed by atoms with Crippen LogP contribution in [0.15, 0.2) is 24.3 Å². The molecule has 0 spiro atoms. The molecule has 1 fully saturated rings. The number of hydrogen-bond donors (Lipinski definition) is 1. The standard InChI is InChI=1S/C15H24N2O/c1-16-14-7-5-10-17(12-14)11-9-13-6-3-4-8-15(13)18-2/h3-4,6,8,14,16H,5,7,9-12H2,1-2H3. The number of likely N-dealkylation sites (N-methyl/N-ethyl adjacent to an activating group) is 1. The largest absolute Gasteiger partial charge is 0.496 e. The number of rotatable bonds is 5. The molecule has 1 heterocycles. The fourth-order valence-electron chi connectivity index (χ4n) is 2.68. The average molecular weight is 248 g/mol. The Morgan fingerprint density at radius 2 is 2.22 bits per heavy atom. The van der Waals surface area contributed by atoms with Crippen molar-refractivity contribution >= 4 is 0 Å². The van der Waals surface area contributed by atoms with E-state index in [0.29, 0.717) is 6.04 Å². The molecule has 1 atom stereocenters. The molecule has 0 amide bonds. The SMILES string of the molecule is CNC1CCCN(CCc2ccccc2OC)C1. The Morgan fingerprint density at radius 3 is 3.00 bits per heavy atom. The smallest absolute Gasteiger partial charge is 0.122 e. The summed E-state index contributed by atoms with van der Waals surface area (Å²) in [5, 5.41) is 3.39. The minimum absolute atomic E-state index is 0.663. The number of benzene rings is 1. The lowest BCUT2D eigenvalue weighted by Crippen LogP contribution is -2.44. The number of para-hydroxylation sites is 1. The maximum atomic E-state index is 5.40. The minimum Gasteiger partial charge on any atom is -0.496 e. The predicted molar refractivity (Wildman–Crippen MR) is 75.2 cm³/mol. The Hall–Kier alpha value is -1.06. The van der Waals surface area contributed by atoms with E-state index in [2.05, 4.69) is 29.4 Å². The Kier molecular flexibility index (Phi) is 5.02. The monoisotopic (exact) mass is 248 g/mol. The molecule has 1 unspecified atom stereocenters. The summed E-state index contributed by atoms with van der Waals surface area (Å²) >= 11 is 0. The highest BCUT2D eigenvalue weighted by Gasteiger charge is 2.18. The molecule has 0 radical (unpaired) electrons. The second kappa shape index (κ2) is 6.76. The van der Waals surface area contributed by atoms with Crippen molar-refractivity contribution in [2.45, 2.75) is 25.3 Å². The molecule has 3 heteroatoms. The normalized spacial score (nSPS) is 20.9. The lowest BCUT2D eigenvalue weighted by Gasteiger charge is -2.32. The average Bonchev–Trinajstić information content (AvgIpc) is 2.45. The molecule has 0 saturated carbocycles. The van der Waals surface area contributed by atoms with Crippen molar-refractivity contribution in [1.82, 2.24) is 10.2 Å². The zero-order valence-corrected chi connectivity index (χ0v) is 11.5. The molecule has 0 bridgehead atoms. The Morgan fingerprint density at radius 1 is 1.39 bits per heavy atom. The highest BCUT2D eigenvalue weighted by molar-refractivity contribution is 5.33. The number of nitrogens with zero attached hydrogens (tertiary/aromatic N) is 1. The first-order valence-corrected chi connectivity index (χ1v) is 6.85. The zero-order valence-electron chi connectivity index (χ0n) is 11.5. The van der Waals surface area contributed by atoms with Crippen LogP contribution in [0.5, 0.6) is 5.75 Å². The van der Waals surface area contributed by atoms with Crippen molar-refractivity contribution in [2.24, 2.45) is 0 Å². The third-order valence-corrected chi connectivity index (χ3v) is 3.80. The summed E-state index contributed by atoms with van der Waals surface area (Å²) in [6, 6.07) is 8.99. The zero-order chi connectivity index (χ0) is 12.8.